The normalized spacial score (nSPS) is 16.4. The fraction of sp³-hybridized carbons (Fsp3) is 0.280. The highest BCUT2D eigenvalue weighted by atomic mass is 19.1. The molecule has 1 saturated heterocycles. The van der Waals surface area contributed by atoms with Crippen LogP contribution in [0.2, 0.25) is 0 Å². The first-order valence-electron chi connectivity index (χ1n) is 10.7. The van der Waals surface area contributed by atoms with E-state index in [-0.39, 0.29) is 18.5 Å². The van der Waals surface area contributed by atoms with Gasteiger partial charge in [0.1, 0.15) is 11.6 Å². The third kappa shape index (κ3) is 3.47. The zero-order chi connectivity index (χ0) is 21.5. The van der Waals surface area contributed by atoms with Crippen LogP contribution in [0.15, 0.2) is 54.6 Å². The zero-order valence-electron chi connectivity index (χ0n) is 17.7. The Morgan fingerprint density at radius 1 is 1.03 bits per heavy atom. The molecule has 0 amide bonds. The molecule has 0 saturated carbocycles. The number of anilines is 1. The van der Waals surface area contributed by atoms with Crippen molar-refractivity contribution < 1.29 is 9.50 Å². The number of aliphatic hydroxyl groups is 1. The second-order valence-electron chi connectivity index (χ2n) is 8.24. The smallest absolute Gasteiger partial charge is 0.166 e. The van der Waals surface area contributed by atoms with E-state index in [4.69, 9.17) is 10.1 Å². The molecule has 0 spiro atoms. The van der Waals surface area contributed by atoms with Crippen LogP contribution in [-0.2, 0) is 0 Å². The van der Waals surface area contributed by atoms with Crippen molar-refractivity contribution in [1.82, 2.24) is 14.6 Å². The summed E-state index contributed by atoms with van der Waals surface area (Å²) in [5.74, 6) is 0.544. The predicted molar refractivity (Wildman–Crippen MR) is 121 cm³/mol. The Labute approximate surface area is 180 Å². The number of aromatic nitrogens is 3. The molecule has 2 aromatic carbocycles. The molecule has 6 heteroatoms. The van der Waals surface area contributed by atoms with E-state index in [0.29, 0.717) is 0 Å². The minimum absolute atomic E-state index is 0.0582. The van der Waals surface area contributed by atoms with Gasteiger partial charge in [-0.2, -0.15) is 5.10 Å². The van der Waals surface area contributed by atoms with E-state index >= 15 is 0 Å². The molecule has 158 valence electrons. The van der Waals surface area contributed by atoms with E-state index in [1.165, 1.54) is 17.7 Å². The fourth-order valence-electron chi connectivity index (χ4n) is 4.47. The lowest BCUT2D eigenvalue weighted by atomic mass is 10.0. The molecule has 1 atom stereocenters. The van der Waals surface area contributed by atoms with E-state index in [1.54, 1.807) is 12.1 Å². The summed E-state index contributed by atoms with van der Waals surface area (Å²) in [4.78, 5) is 7.19. The third-order valence-electron chi connectivity index (χ3n) is 6.11. The van der Waals surface area contributed by atoms with Crippen LogP contribution >= 0.6 is 0 Å². The molecule has 0 bridgehead atoms. The molecule has 1 aliphatic rings. The summed E-state index contributed by atoms with van der Waals surface area (Å²) in [5.41, 5.74) is 6.62. The molecule has 0 unspecified atom stereocenters. The van der Waals surface area contributed by atoms with Crippen molar-refractivity contribution in [2.75, 3.05) is 18.1 Å². The van der Waals surface area contributed by atoms with Gasteiger partial charge in [0, 0.05) is 23.7 Å². The Morgan fingerprint density at radius 3 is 2.45 bits per heavy atom. The Hall–Kier alpha value is -3.25. The summed E-state index contributed by atoms with van der Waals surface area (Å²) >= 11 is 0. The Kier molecular flexibility index (Phi) is 4.94. The van der Waals surface area contributed by atoms with E-state index in [2.05, 4.69) is 36.1 Å². The summed E-state index contributed by atoms with van der Waals surface area (Å²) in [5, 5.41) is 14.7. The van der Waals surface area contributed by atoms with Gasteiger partial charge in [-0.25, -0.2) is 13.9 Å². The molecule has 1 fully saturated rings. The number of rotatable bonds is 4. The summed E-state index contributed by atoms with van der Waals surface area (Å²) in [6.45, 7) is 5.01. The third-order valence-corrected chi connectivity index (χ3v) is 6.11. The van der Waals surface area contributed by atoms with Gasteiger partial charge in [0.2, 0.25) is 0 Å². The number of nitrogens with zero attached hydrogens (tertiary/aromatic N) is 4. The highest BCUT2D eigenvalue weighted by Gasteiger charge is 2.27. The lowest BCUT2D eigenvalue weighted by molar-refractivity contribution is 0.266. The van der Waals surface area contributed by atoms with E-state index < -0.39 is 0 Å². The van der Waals surface area contributed by atoms with Crippen LogP contribution in [0.4, 0.5) is 10.2 Å². The molecule has 1 aliphatic heterocycles. The summed E-state index contributed by atoms with van der Waals surface area (Å²) in [7, 11) is 0. The van der Waals surface area contributed by atoms with Gasteiger partial charge >= 0.3 is 0 Å². The van der Waals surface area contributed by atoms with Gasteiger partial charge in [-0.3, -0.25) is 0 Å². The van der Waals surface area contributed by atoms with Crippen molar-refractivity contribution in [1.29, 1.82) is 0 Å². The van der Waals surface area contributed by atoms with Crippen LogP contribution in [0.5, 0.6) is 0 Å². The molecule has 4 aromatic rings. The van der Waals surface area contributed by atoms with Crippen molar-refractivity contribution in [2.45, 2.75) is 32.7 Å². The van der Waals surface area contributed by atoms with Crippen LogP contribution in [0, 0.1) is 19.7 Å². The maximum Gasteiger partial charge on any atom is 0.166 e. The molecular weight excluding hydrogens is 391 g/mol. The number of aliphatic hydroxyl groups excluding tert-OH is 1. The highest BCUT2D eigenvalue weighted by molar-refractivity contribution is 5.83. The number of hydrogen-bond donors (Lipinski definition) is 1. The monoisotopic (exact) mass is 416 g/mol. The maximum atomic E-state index is 13.6. The molecular formula is C25H25FN4O. The summed E-state index contributed by atoms with van der Waals surface area (Å²) < 4.78 is 15.4. The van der Waals surface area contributed by atoms with Gasteiger partial charge in [-0.15, -0.1) is 0 Å². The minimum Gasteiger partial charge on any atom is -0.394 e. The molecule has 31 heavy (non-hydrogen) atoms. The Bertz CT molecular complexity index is 1230. The minimum atomic E-state index is -0.272. The van der Waals surface area contributed by atoms with Gasteiger partial charge in [0.15, 0.2) is 5.65 Å². The molecule has 5 nitrogen and oxygen atoms in total. The SMILES string of the molecule is Cc1ccc(-c2c(C)nn3c(-c4ccc(F)cc4)cc(N4CCC[C@H]4CO)nc23)cc1. The Morgan fingerprint density at radius 2 is 1.74 bits per heavy atom. The number of benzene rings is 2. The van der Waals surface area contributed by atoms with Crippen LogP contribution in [0.3, 0.4) is 0 Å². The predicted octanol–water partition coefficient (Wildman–Crippen LogP) is 4.78. The summed E-state index contributed by atoms with van der Waals surface area (Å²) in [6, 6.07) is 16.9. The standard InChI is InChI=1S/C25H25FN4O/c1-16-5-7-19(8-6-16)24-17(2)28-30-22(18-9-11-20(26)12-10-18)14-23(27-25(24)30)29-13-3-4-21(29)15-31/h5-12,14,21,31H,3-4,13,15H2,1-2H3/t21-/m0/s1. The first-order chi connectivity index (χ1) is 15.0. The summed E-state index contributed by atoms with van der Waals surface area (Å²) in [6.07, 6.45) is 1.96. The molecule has 2 aromatic heterocycles. The average molecular weight is 417 g/mol. The molecule has 0 radical (unpaired) electrons. The van der Waals surface area contributed by atoms with Gasteiger partial charge in [-0.05, 0) is 56.5 Å². The van der Waals surface area contributed by atoms with Crippen LogP contribution in [0.25, 0.3) is 28.0 Å². The second kappa shape index (κ2) is 7.78. The van der Waals surface area contributed by atoms with E-state index in [1.807, 2.05) is 17.5 Å². The van der Waals surface area contributed by atoms with Crippen molar-refractivity contribution in [3.63, 3.8) is 0 Å². The number of aryl methyl sites for hydroxylation is 2. The first kappa shape index (κ1) is 19.7. The van der Waals surface area contributed by atoms with Gasteiger partial charge in [-0.1, -0.05) is 29.8 Å². The zero-order valence-corrected chi connectivity index (χ0v) is 17.7. The van der Waals surface area contributed by atoms with Crippen LogP contribution < -0.4 is 4.90 Å². The van der Waals surface area contributed by atoms with Crippen LogP contribution in [-0.4, -0.2) is 38.9 Å². The Balaban J connectivity index is 1.77. The van der Waals surface area contributed by atoms with E-state index in [0.717, 1.165) is 58.9 Å². The molecule has 3 heterocycles. The largest absolute Gasteiger partial charge is 0.394 e. The fourth-order valence-corrected chi connectivity index (χ4v) is 4.47. The van der Waals surface area contributed by atoms with E-state index in [9.17, 15) is 9.50 Å². The average Bonchev–Trinajstić information content (AvgIpc) is 3.38. The number of fused-ring (bicyclic) bond motifs is 1. The molecule has 1 N–H and O–H groups in total. The lowest BCUT2D eigenvalue weighted by Gasteiger charge is -2.25. The van der Waals surface area contributed by atoms with Gasteiger partial charge < -0.3 is 10.0 Å². The topological polar surface area (TPSA) is 53.7 Å². The van der Waals surface area contributed by atoms with Crippen LogP contribution in [0.1, 0.15) is 24.1 Å². The first-order valence-corrected chi connectivity index (χ1v) is 10.7. The van der Waals surface area contributed by atoms with Gasteiger partial charge in [0.25, 0.3) is 0 Å². The van der Waals surface area contributed by atoms with Crippen molar-refractivity contribution in [3.05, 3.63) is 71.7 Å². The van der Waals surface area contributed by atoms with Crippen molar-refractivity contribution in [2.24, 2.45) is 0 Å². The maximum absolute atomic E-state index is 13.6. The quantitative estimate of drug-likeness (QED) is 0.520. The van der Waals surface area contributed by atoms with Crippen molar-refractivity contribution >= 4 is 11.5 Å². The highest BCUT2D eigenvalue weighted by Crippen LogP contribution is 2.34. The van der Waals surface area contributed by atoms with Gasteiger partial charge in [0.05, 0.1) is 24.0 Å². The molecule has 0 aliphatic carbocycles. The molecule has 5 rings (SSSR count). The second-order valence-corrected chi connectivity index (χ2v) is 8.24. The number of hydrogen-bond acceptors (Lipinski definition) is 4. The number of halogens is 1. The lowest BCUT2D eigenvalue weighted by Crippen LogP contribution is -2.32. The van der Waals surface area contributed by atoms with Crippen molar-refractivity contribution in [3.8, 4) is 22.4 Å².